The monoisotopic (exact) mass is 550 g/mol. The first-order valence-electron chi connectivity index (χ1n) is 10.1. The van der Waals surface area contributed by atoms with Crippen LogP contribution >= 0.6 is 23.1 Å². The van der Waals surface area contributed by atoms with Crippen LogP contribution in [0.1, 0.15) is 5.01 Å². The number of hydrogen-bond donors (Lipinski definition) is 1. The highest BCUT2D eigenvalue weighted by Gasteiger charge is 2.31. The van der Waals surface area contributed by atoms with Gasteiger partial charge in [0.25, 0.3) is 10.9 Å². The third-order valence-electron chi connectivity index (χ3n) is 5.38. The highest BCUT2D eigenvalue weighted by atomic mass is 32.2. The number of thioether (sulfide) groups is 1. The molecule has 182 valence electrons. The molecule has 0 amide bonds. The van der Waals surface area contributed by atoms with Gasteiger partial charge in [0.15, 0.2) is 0 Å². The van der Waals surface area contributed by atoms with Crippen LogP contribution in [0.5, 0.6) is 5.75 Å². The van der Waals surface area contributed by atoms with E-state index in [2.05, 4.69) is 0 Å². The minimum absolute atomic E-state index is 0.424. The van der Waals surface area contributed by atoms with Crippen molar-refractivity contribution < 1.29 is 35.2 Å². The van der Waals surface area contributed by atoms with Crippen LogP contribution in [-0.2, 0) is 26.1 Å². The number of anilines is 1. The highest BCUT2D eigenvalue weighted by molar-refractivity contribution is 8.04. The van der Waals surface area contributed by atoms with Gasteiger partial charge in [0, 0.05) is 11.0 Å². The minimum Gasteiger partial charge on any atom is -0.747 e. The maximum absolute atomic E-state index is 11.9. The third kappa shape index (κ3) is 4.87. The molecule has 0 bridgehead atoms. The van der Waals surface area contributed by atoms with E-state index in [1.807, 2.05) is 36.4 Å². The van der Waals surface area contributed by atoms with Gasteiger partial charge >= 0.3 is 10.1 Å². The molecule has 1 N–H and O–H groups in total. The van der Waals surface area contributed by atoms with Gasteiger partial charge in [0.1, 0.15) is 26.4 Å². The Kier molecular flexibility index (Phi) is 6.02. The molecular weight excluding hydrogens is 533 g/mol. The second-order valence-corrected chi connectivity index (χ2v) is 12.7. The summed E-state index contributed by atoms with van der Waals surface area (Å²) in [4.78, 5) is 2.08. The first-order valence-corrected chi connectivity index (χ1v) is 14.9. The zero-order valence-corrected chi connectivity index (χ0v) is 21.4. The molecule has 0 unspecified atom stereocenters. The van der Waals surface area contributed by atoms with E-state index in [0.29, 0.717) is 31.9 Å². The molecule has 0 saturated heterocycles. The summed E-state index contributed by atoms with van der Waals surface area (Å²) < 4.78 is 76.2. The van der Waals surface area contributed by atoms with Crippen molar-refractivity contribution in [2.75, 3.05) is 17.9 Å². The van der Waals surface area contributed by atoms with Crippen LogP contribution in [0.2, 0.25) is 0 Å². The average molecular weight is 551 g/mol. The molecule has 2 heterocycles. The number of fused-ring (bicyclic) bond motifs is 4. The van der Waals surface area contributed by atoms with Gasteiger partial charge in [-0.3, -0.25) is 4.55 Å². The standard InChI is InChI=1S/C22H18N2O7S4/c1-31-15-7-9-18-17(10-15)23(12-34(25,26)27)20(32-18)11-21-24(13-35(28,29)30)22-16-5-3-2-4-14(16)6-8-19(22)33-21/h2-11H,12-13H2,1H3,(H-,25,26,27,28,29,30). The lowest BCUT2D eigenvalue weighted by molar-refractivity contribution is -0.648. The van der Waals surface area contributed by atoms with E-state index in [1.54, 1.807) is 24.3 Å². The molecule has 13 heteroatoms. The molecule has 0 saturated carbocycles. The van der Waals surface area contributed by atoms with E-state index in [1.165, 1.54) is 39.7 Å². The molecule has 1 aromatic heterocycles. The fraction of sp³-hybridized carbons (Fsp3) is 0.136. The number of nitrogens with zero attached hydrogens (tertiary/aromatic N) is 2. The van der Waals surface area contributed by atoms with Crippen LogP contribution in [0.15, 0.2) is 64.5 Å². The van der Waals surface area contributed by atoms with E-state index in [4.69, 9.17) is 4.74 Å². The largest absolute Gasteiger partial charge is 0.747 e. The normalized spacial score (nSPS) is 15.3. The predicted octanol–water partition coefficient (Wildman–Crippen LogP) is 3.61. The Labute approximate surface area is 209 Å². The highest BCUT2D eigenvalue weighted by Crippen LogP contribution is 2.48. The van der Waals surface area contributed by atoms with Gasteiger partial charge in [0.05, 0.1) is 29.3 Å². The van der Waals surface area contributed by atoms with Crippen molar-refractivity contribution >= 4 is 76.1 Å². The first-order chi connectivity index (χ1) is 16.5. The first kappa shape index (κ1) is 24.0. The summed E-state index contributed by atoms with van der Waals surface area (Å²) in [5.74, 6) is -1.00. The summed E-state index contributed by atoms with van der Waals surface area (Å²) >= 11 is 2.54. The van der Waals surface area contributed by atoms with Crippen molar-refractivity contribution in [3.05, 3.63) is 64.6 Å². The van der Waals surface area contributed by atoms with Crippen LogP contribution < -0.4 is 14.2 Å². The third-order valence-corrected chi connectivity index (χ3v) is 8.75. The lowest BCUT2D eigenvalue weighted by atomic mass is 10.1. The Morgan fingerprint density at radius 1 is 1.11 bits per heavy atom. The Morgan fingerprint density at radius 3 is 2.60 bits per heavy atom. The van der Waals surface area contributed by atoms with Crippen molar-refractivity contribution in [1.29, 1.82) is 0 Å². The zero-order chi connectivity index (χ0) is 25.0. The Bertz CT molecular complexity index is 1730. The lowest BCUT2D eigenvalue weighted by Gasteiger charge is -2.22. The average Bonchev–Trinajstić information content (AvgIpc) is 3.29. The van der Waals surface area contributed by atoms with E-state index < -0.39 is 32.0 Å². The number of thiazole rings is 1. The quantitative estimate of drug-likeness (QED) is 0.283. The fourth-order valence-corrected chi connectivity index (χ4v) is 7.61. The SMILES string of the molecule is COc1ccc2c(c1)N(CS(=O)(=O)[O-])C(=Cc1sc3ccc4ccccc4c3[n+]1CS(=O)(=O)O)S2. The molecule has 4 aromatic rings. The number of rotatable bonds is 6. The van der Waals surface area contributed by atoms with Crippen molar-refractivity contribution in [2.45, 2.75) is 10.8 Å². The van der Waals surface area contributed by atoms with Crippen molar-refractivity contribution in [1.82, 2.24) is 0 Å². The molecule has 5 rings (SSSR count). The number of methoxy groups -OCH3 is 1. The number of aromatic nitrogens is 1. The molecule has 1 aliphatic rings. The number of ether oxygens (including phenoxy) is 1. The van der Waals surface area contributed by atoms with Gasteiger partial charge in [0.2, 0.25) is 5.52 Å². The van der Waals surface area contributed by atoms with Crippen LogP contribution in [0.4, 0.5) is 5.69 Å². The molecule has 0 radical (unpaired) electrons. The summed E-state index contributed by atoms with van der Waals surface area (Å²) in [6.07, 6.45) is 1.63. The van der Waals surface area contributed by atoms with Crippen molar-refractivity contribution in [3.63, 3.8) is 0 Å². The fourth-order valence-electron chi connectivity index (χ4n) is 3.98. The molecular formula is C22H18N2O7S4. The Balaban J connectivity index is 1.73. The van der Waals surface area contributed by atoms with Gasteiger partial charge in [-0.2, -0.15) is 13.0 Å². The van der Waals surface area contributed by atoms with Crippen LogP contribution in [0.25, 0.3) is 27.1 Å². The molecule has 9 nitrogen and oxygen atoms in total. The summed E-state index contributed by atoms with van der Waals surface area (Å²) in [7, 11) is -7.58. The Hall–Kier alpha value is -2.68. The summed E-state index contributed by atoms with van der Waals surface area (Å²) in [6, 6.07) is 16.4. The second kappa shape index (κ2) is 8.76. The van der Waals surface area contributed by atoms with Crippen molar-refractivity contribution in [3.8, 4) is 5.75 Å². The van der Waals surface area contributed by atoms with E-state index in [0.717, 1.165) is 15.5 Å². The van der Waals surface area contributed by atoms with E-state index in [-0.39, 0.29) is 0 Å². The molecule has 0 spiro atoms. The van der Waals surface area contributed by atoms with Crippen LogP contribution in [0, 0.1) is 0 Å². The van der Waals surface area contributed by atoms with Gasteiger partial charge in [-0.15, -0.1) is 0 Å². The molecule has 0 atom stereocenters. The van der Waals surface area contributed by atoms with Gasteiger partial charge in [-0.05, 0) is 29.7 Å². The topological polar surface area (TPSA) is 128 Å². The molecule has 3 aromatic carbocycles. The van der Waals surface area contributed by atoms with E-state index >= 15 is 0 Å². The number of hydrogen-bond acceptors (Lipinski definition) is 9. The van der Waals surface area contributed by atoms with Gasteiger partial charge < -0.3 is 14.2 Å². The van der Waals surface area contributed by atoms with E-state index in [9.17, 15) is 25.9 Å². The van der Waals surface area contributed by atoms with Crippen LogP contribution in [0.3, 0.4) is 0 Å². The minimum atomic E-state index is -4.65. The zero-order valence-electron chi connectivity index (χ0n) is 18.1. The molecule has 1 aliphatic heterocycles. The summed E-state index contributed by atoms with van der Waals surface area (Å²) in [5, 5.41) is 2.59. The second-order valence-electron chi connectivity index (χ2n) is 7.75. The lowest BCUT2D eigenvalue weighted by Crippen LogP contribution is -2.39. The smallest absolute Gasteiger partial charge is 0.326 e. The molecule has 35 heavy (non-hydrogen) atoms. The maximum Gasteiger partial charge on any atom is 0.326 e. The molecule has 0 aliphatic carbocycles. The van der Waals surface area contributed by atoms with Crippen LogP contribution in [-0.4, -0.2) is 38.9 Å². The Morgan fingerprint density at radius 2 is 1.89 bits per heavy atom. The van der Waals surface area contributed by atoms with Crippen molar-refractivity contribution in [2.24, 2.45) is 0 Å². The summed E-state index contributed by atoms with van der Waals surface area (Å²) in [5.41, 5.74) is 1.12. The van der Waals surface area contributed by atoms with Gasteiger partial charge in [-0.1, -0.05) is 47.4 Å². The summed E-state index contributed by atoms with van der Waals surface area (Å²) in [6.45, 7) is 0. The van der Waals surface area contributed by atoms with Gasteiger partial charge in [-0.25, -0.2) is 8.42 Å². The maximum atomic E-state index is 11.9. The number of benzene rings is 3. The molecule has 0 fully saturated rings. The predicted molar refractivity (Wildman–Crippen MR) is 135 cm³/mol.